The summed E-state index contributed by atoms with van der Waals surface area (Å²) in [7, 11) is 0. The molecule has 0 aliphatic carbocycles. The van der Waals surface area contributed by atoms with Crippen LogP contribution in [0.25, 0.3) is 0 Å². The minimum atomic E-state index is -0.914. The maximum Gasteiger partial charge on any atom is 0.307 e. The predicted octanol–water partition coefficient (Wildman–Crippen LogP) is 1.25. The number of phenolic OH excluding ortho intramolecular Hbond substituents is 2. The lowest BCUT2D eigenvalue weighted by Gasteiger charge is -2.16. The zero-order valence-electron chi connectivity index (χ0n) is 9.63. The zero-order chi connectivity index (χ0) is 13.0. The van der Waals surface area contributed by atoms with Crippen LogP contribution in [0.1, 0.15) is 24.8 Å². The molecule has 0 spiro atoms. The van der Waals surface area contributed by atoms with Gasteiger partial charge in [0.15, 0.2) is 11.5 Å². The molecule has 17 heavy (non-hydrogen) atoms. The van der Waals surface area contributed by atoms with Gasteiger partial charge in [0.25, 0.3) is 0 Å². The number of carboxylic acids is 1. The van der Waals surface area contributed by atoms with Crippen LogP contribution < -0.4 is 5.73 Å². The van der Waals surface area contributed by atoms with E-state index in [1.165, 1.54) is 12.1 Å². The van der Waals surface area contributed by atoms with Crippen LogP contribution in [-0.2, 0) is 4.79 Å². The third kappa shape index (κ3) is 3.35. The molecular weight excluding hydrogens is 222 g/mol. The first-order chi connectivity index (χ1) is 7.95. The van der Waals surface area contributed by atoms with Gasteiger partial charge in [0.1, 0.15) is 0 Å². The van der Waals surface area contributed by atoms with Gasteiger partial charge in [-0.1, -0.05) is 13.0 Å². The van der Waals surface area contributed by atoms with Crippen molar-refractivity contribution >= 4 is 5.97 Å². The molecule has 0 heterocycles. The highest BCUT2D eigenvalue weighted by atomic mass is 16.4. The van der Waals surface area contributed by atoms with Crippen molar-refractivity contribution in [1.29, 1.82) is 0 Å². The van der Waals surface area contributed by atoms with Crippen molar-refractivity contribution in [2.45, 2.75) is 19.3 Å². The fraction of sp³-hybridized carbons (Fsp3) is 0.417. The number of benzene rings is 1. The van der Waals surface area contributed by atoms with Crippen molar-refractivity contribution in [1.82, 2.24) is 0 Å². The lowest BCUT2D eigenvalue weighted by atomic mass is 9.90. The maximum absolute atomic E-state index is 10.8. The zero-order valence-corrected chi connectivity index (χ0v) is 9.63. The Morgan fingerprint density at radius 2 is 2.00 bits per heavy atom. The van der Waals surface area contributed by atoms with E-state index < -0.39 is 11.9 Å². The summed E-state index contributed by atoms with van der Waals surface area (Å²) in [6.45, 7) is 1.95. The molecule has 2 atom stereocenters. The molecule has 0 aliphatic heterocycles. The monoisotopic (exact) mass is 239 g/mol. The smallest absolute Gasteiger partial charge is 0.307 e. The fourth-order valence-corrected chi connectivity index (χ4v) is 1.71. The predicted molar refractivity (Wildman–Crippen MR) is 63.0 cm³/mol. The van der Waals surface area contributed by atoms with Crippen LogP contribution in [0.5, 0.6) is 11.5 Å². The molecule has 94 valence electrons. The average Bonchev–Trinajstić information content (AvgIpc) is 2.28. The highest BCUT2D eigenvalue weighted by Crippen LogP contribution is 2.31. The fourth-order valence-electron chi connectivity index (χ4n) is 1.71. The largest absolute Gasteiger partial charge is 0.504 e. The number of phenols is 2. The molecule has 0 radical (unpaired) electrons. The molecule has 0 aromatic heterocycles. The van der Waals surface area contributed by atoms with Gasteiger partial charge in [0.2, 0.25) is 0 Å². The average molecular weight is 239 g/mol. The van der Waals surface area contributed by atoms with E-state index in [4.69, 9.17) is 10.8 Å². The van der Waals surface area contributed by atoms with E-state index in [0.717, 1.165) is 5.56 Å². The van der Waals surface area contributed by atoms with E-state index >= 15 is 0 Å². The van der Waals surface area contributed by atoms with E-state index in [9.17, 15) is 15.0 Å². The summed E-state index contributed by atoms with van der Waals surface area (Å²) in [6.07, 6.45) is 0.399. The van der Waals surface area contributed by atoms with Gasteiger partial charge in [-0.05, 0) is 30.0 Å². The molecule has 2 unspecified atom stereocenters. The highest BCUT2D eigenvalue weighted by molar-refractivity contribution is 5.70. The second-order valence-electron chi connectivity index (χ2n) is 4.16. The van der Waals surface area contributed by atoms with E-state index in [1.807, 2.05) is 6.92 Å². The van der Waals surface area contributed by atoms with Crippen LogP contribution in [0.15, 0.2) is 18.2 Å². The normalized spacial score (nSPS) is 14.2. The Kier molecular flexibility index (Phi) is 4.34. The minimum absolute atomic E-state index is 0.0499. The number of rotatable bonds is 5. The molecule has 0 fully saturated rings. The van der Waals surface area contributed by atoms with Crippen LogP contribution in [0.4, 0.5) is 0 Å². The Balaban J connectivity index is 2.78. The lowest BCUT2D eigenvalue weighted by Crippen LogP contribution is -2.24. The van der Waals surface area contributed by atoms with E-state index in [2.05, 4.69) is 0 Å². The second kappa shape index (κ2) is 5.54. The van der Waals surface area contributed by atoms with Crippen molar-refractivity contribution in [3.8, 4) is 11.5 Å². The standard InChI is InChI=1S/C12H17NO4/c1-7(4-9(6-13)12(16)17)8-2-3-10(14)11(15)5-8/h2-3,5,7,9,14-15H,4,6,13H2,1H3,(H,16,17). The molecule has 0 amide bonds. The number of aliphatic carboxylic acids is 1. The molecule has 5 nitrogen and oxygen atoms in total. The molecule has 1 rings (SSSR count). The summed E-state index contributed by atoms with van der Waals surface area (Å²) in [5, 5.41) is 27.4. The first kappa shape index (κ1) is 13.3. The summed E-state index contributed by atoms with van der Waals surface area (Å²) in [4.78, 5) is 10.8. The lowest BCUT2D eigenvalue weighted by molar-refractivity contribution is -0.141. The molecule has 1 aromatic carbocycles. The van der Waals surface area contributed by atoms with Crippen molar-refractivity contribution in [3.05, 3.63) is 23.8 Å². The van der Waals surface area contributed by atoms with Gasteiger partial charge in [-0.15, -0.1) is 0 Å². The SMILES string of the molecule is CC(CC(CN)C(=O)O)c1ccc(O)c(O)c1. The molecular formula is C12H17NO4. The summed E-state index contributed by atoms with van der Waals surface area (Å²) in [5.74, 6) is -1.95. The molecule has 0 aliphatic rings. The van der Waals surface area contributed by atoms with Gasteiger partial charge in [-0.3, -0.25) is 4.79 Å². The Hall–Kier alpha value is -1.75. The van der Waals surface area contributed by atoms with E-state index in [-0.39, 0.29) is 24.0 Å². The van der Waals surface area contributed by atoms with Gasteiger partial charge < -0.3 is 21.1 Å². The first-order valence-corrected chi connectivity index (χ1v) is 5.40. The minimum Gasteiger partial charge on any atom is -0.504 e. The number of hydrogen-bond donors (Lipinski definition) is 4. The molecule has 0 bridgehead atoms. The molecule has 0 saturated carbocycles. The van der Waals surface area contributed by atoms with E-state index in [0.29, 0.717) is 6.42 Å². The number of aromatic hydroxyl groups is 2. The van der Waals surface area contributed by atoms with Gasteiger partial charge in [-0.2, -0.15) is 0 Å². The quantitative estimate of drug-likeness (QED) is 0.579. The Morgan fingerprint density at radius 3 is 2.47 bits per heavy atom. The van der Waals surface area contributed by atoms with Gasteiger partial charge in [0, 0.05) is 6.54 Å². The van der Waals surface area contributed by atoms with Crippen LogP contribution >= 0.6 is 0 Å². The Labute approximate surface area is 99.5 Å². The third-order valence-corrected chi connectivity index (χ3v) is 2.84. The van der Waals surface area contributed by atoms with Crippen molar-refractivity contribution < 1.29 is 20.1 Å². The Bertz CT molecular complexity index is 405. The van der Waals surface area contributed by atoms with Gasteiger partial charge in [-0.25, -0.2) is 0 Å². The number of nitrogens with two attached hydrogens (primary N) is 1. The summed E-state index contributed by atoms with van der Waals surface area (Å²) in [5.41, 5.74) is 6.16. The van der Waals surface area contributed by atoms with Crippen molar-refractivity contribution in [3.63, 3.8) is 0 Å². The third-order valence-electron chi connectivity index (χ3n) is 2.84. The van der Waals surface area contributed by atoms with Crippen molar-refractivity contribution in [2.24, 2.45) is 11.7 Å². The number of carboxylic acid groups (broad SMARTS) is 1. The summed E-state index contributed by atoms with van der Waals surface area (Å²) < 4.78 is 0. The highest BCUT2D eigenvalue weighted by Gasteiger charge is 2.20. The van der Waals surface area contributed by atoms with Crippen LogP contribution in [0, 0.1) is 5.92 Å². The van der Waals surface area contributed by atoms with Crippen molar-refractivity contribution in [2.75, 3.05) is 6.54 Å². The molecule has 0 saturated heterocycles. The summed E-state index contributed by atoms with van der Waals surface area (Å²) in [6, 6.07) is 4.49. The molecule has 5 N–H and O–H groups in total. The van der Waals surface area contributed by atoms with Crippen LogP contribution in [0.2, 0.25) is 0 Å². The second-order valence-corrected chi connectivity index (χ2v) is 4.16. The maximum atomic E-state index is 10.8. The first-order valence-electron chi connectivity index (χ1n) is 5.40. The van der Waals surface area contributed by atoms with Crippen LogP contribution in [0.3, 0.4) is 0 Å². The molecule has 5 heteroatoms. The van der Waals surface area contributed by atoms with Crippen LogP contribution in [-0.4, -0.2) is 27.8 Å². The van der Waals surface area contributed by atoms with E-state index in [1.54, 1.807) is 6.07 Å². The number of carbonyl (C=O) groups is 1. The van der Waals surface area contributed by atoms with Gasteiger partial charge in [0.05, 0.1) is 5.92 Å². The summed E-state index contributed by atoms with van der Waals surface area (Å²) >= 11 is 0. The van der Waals surface area contributed by atoms with Gasteiger partial charge >= 0.3 is 5.97 Å². The topological polar surface area (TPSA) is 104 Å². The Morgan fingerprint density at radius 1 is 1.35 bits per heavy atom. The molecule has 1 aromatic rings. The number of hydrogen-bond acceptors (Lipinski definition) is 4.